The van der Waals surface area contributed by atoms with Crippen LogP contribution in [0.4, 0.5) is 0 Å². The zero-order valence-electron chi connectivity index (χ0n) is 20.9. The number of aliphatic hydroxyl groups excluding tert-OH is 1. The summed E-state index contributed by atoms with van der Waals surface area (Å²) in [6.45, 7) is 2.42. The number of hydrogen-bond donors (Lipinski definition) is 7. The maximum atomic E-state index is 11.7. The molecule has 0 aliphatic heterocycles. The van der Waals surface area contributed by atoms with Crippen LogP contribution in [0.3, 0.4) is 0 Å². The Morgan fingerprint density at radius 3 is 1.76 bits per heavy atom. The highest BCUT2D eigenvalue weighted by molar-refractivity contribution is 5.87. The van der Waals surface area contributed by atoms with Crippen molar-refractivity contribution in [3.8, 4) is 0 Å². The molecule has 37 heavy (non-hydrogen) atoms. The van der Waals surface area contributed by atoms with Crippen molar-refractivity contribution in [1.29, 1.82) is 0 Å². The molecule has 0 rings (SSSR count). The van der Waals surface area contributed by atoms with Crippen LogP contribution in [0.5, 0.6) is 0 Å². The number of hydrogen-bond acceptors (Lipinski definition) is 11. The maximum absolute atomic E-state index is 11.7. The Kier molecular flexibility index (Phi) is 19.6. The average molecular weight is 538 g/mol. The lowest BCUT2D eigenvalue weighted by molar-refractivity contribution is -0.138. The first kappa shape index (κ1) is 34.1. The first-order valence-corrected chi connectivity index (χ1v) is 11.6. The monoisotopic (exact) mass is 537 g/mol. The number of ether oxygens (including phenoxy) is 4. The van der Waals surface area contributed by atoms with Crippen LogP contribution in [0.15, 0.2) is 0 Å². The van der Waals surface area contributed by atoms with Gasteiger partial charge >= 0.3 is 5.97 Å². The molecule has 3 atom stereocenters. The van der Waals surface area contributed by atoms with Crippen LogP contribution in [-0.4, -0.2) is 124 Å². The van der Waals surface area contributed by atoms with Crippen molar-refractivity contribution in [3.63, 3.8) is 0 Å². The first-order valence-electron chi connectivity index (χ1n) is 11.6. The number of amides is 4. The molecular weight excluding hydrogens is 498 g/mol. The zero-order valence-corrected chi connectivity index (χ0v) is 20.9. The highest BCUT2D eigenvalue weighted by Crippen LogP contribution is 1.94. The number of carbonyl (C=O) groups is 5. The molecule has 0 spiro atoms. The van der Waals surface area contributed by atoms with E-state index in [-0.39, 0.29) is 90.6 Å². The van der Waals surface area contributed by atoms with E-state index in [9.17, 15) is 29.1 Å². The summed E-state index contributed by atoms with van der Waals surface area (Å²) < 4.78 is 20.8. The highest BCUT2D eigenvalue weighted by Gasteiger charge is 2.22. The van der Waals surface area contributed by atoms with Gasteiger partial charge in [-0.2, -0.15) is 0 Å². The fourth-order valence-corrected chi connectivity index (χ4v) is 2.49. The van der Waals surface area contributed by atoms with Crippen molar-refractivity contribution in [3.05, 3.63) is 0 Å². The molecule has 0 bridgehead atoms. The third-order valence-electron chi connectivity index (χ3n) is 4.45. The number of carbonyl (C=O) groups excluding carboxylic acids is 4. The molecule has 0 aliphatic carbocycles. The van der Waals surface area contributed by atoms with Gasteiger partial charge in [0.2, 0.25) is 23.6 Å². The van der Waals surface area contributed by atoms with Crippen molar-refractivity contribution in [1.82, 2.24) is 16.0 Å². The Morgan fingerprint density at radius 1 is 0.784 bits per heavy atom. The highest BCUT2D eigenvalue weighted by atomic mass is 16.5. The van der Waals surface area contributed by atoms with Gasteiger partial charge in [0.1, 0.15) is 25.3 Å². The Hall–Kier alpha value is -2.89. The van der Waals surface area contributed by atoms with Gasteiger partial charge in [-0.25, -0.2) is 0 Å². The number of carboxylic acid groups (broad SMARTS) is 1. The van der Waals surface area contributed by atoms with Crippen LogP contribution in [0, 0.1) is 0 Å². The van der Waals surface area contributed by atoms with Crippen molar-refractivity contribution >= 4 is 29.6 Å². The number of rotatable bonds is 23. The zero-order chi connectivity index (χ0) is 28.1. The topological polar surface area (TPSA) is 251 Å². The summed E-state index contributed by atoms with van der Waals surface area (Å²) >= 11 is 0. The van der Waals surface area contributed by atoms with Crippen molar-refractivity contribution in [2.45, 2.75) is 38.0 Å². The molecule has 0 saturated carbocycles. The molecule has 0 aliphatic rings. The third-order valence-corrected chi connectivity index (χ3v) is 4.45. The van der Waals surface area contributed by atoms with Gasteiger partial charge < -0.3 is 56.6 Å². The molecule has 4 amide bonds. The van der Waals surface area contributed by atoms with E-state index < -0.39 is 36.0 Å². The second-order valence-corrected chi connectivity index (χ2v) is 7.70. The minimum Gasteiger partial charge on any atom is -0.480 e. The van der Waals surface area contributed by atoms with Crippen molar-refractivity contribution in [2.24, 2.45) is 11.5 Å². The molecule has 0 aromatic carbocycles. The molecule has 0 heterocycles. The quantitative estimate of drug-likeness (QED) is 0.0613. The fraction of sp³-hybridized carbons (Fsp3) is 0.762. The van der Waals surface area contributed by atoms with E-state index in [2.05, 4.69) is 16.0 Å². The van der Waals surface area contributed by atoms with Gasteiger partial charge in [0, 0.05) is 19.5 Å². The number of aliphatic hydroxyl groups is 1. The smallest absolute Gasteiger partial charge is 0.320 e. The molecule has 0 saturated heterocycles. The van der Waals surface area contributed by atoms with Gasteiger partial charge in [-0.3, -0.25) is 24.0 Å². The Bertz CT molecular complexity index is 708. The largest absolute Gasteiger partial charge is 0.480 e. The predicted molar refractivity (Wildman–Crippen MR) is 127 cm³/mol. The second kappa shape index (κ2) is 21.2. The van der Waals surface area contributed by atoms with E-state index >= 15 is 0 Å². The van der Waals surface area contributed by atoms with Crippen molar-refractivity contribution in [2.75, 3.05) is 65.9 Å². The van der Waals surface area contributed by atoms with Crippen LogP contribution < -0.4 is 27.4 Å². The number of primary amides is 1. The molecule has 0 unspecified atom stereocenters. The minimum atomic E-state index is -1.20. The lowest BCUT2D eigenvalue weighted by Crippen LogP contribution is -2.51. The summed E-state index contributed by atoms with van der Waals surface area (Å²) in [4.78, 5) is 56.5. The molecule has 0 aromatic heterocycles. The average Bonchev–Trinajstić information content (AvgIpc) is 2.83. The van der Waals surface area contributed by atoms with Crippen LogP contribution in [-0.2, 0) is 42.9 Å². The second-order valence-electron chi connectivity index (χ2n) is 7.70. The van der Waals surface area contributed by atoms with Gasteiger partial charge in [0.05, 0.1) is 45.7 Å². The Morgan fingerprint density at radius 2 is 1.27 bits per heavy atom. The number of carboxylic acids is 1. The summed E-state index contributed by atoms with van der Waals surface area (Å²) in [6.07, 6.45) is -1.07. The summed E-state index contributed by atoms with van der Waals surface area (Å²) in [5, 5.41) is 25.4. The molecule has 16 nitrogen and oxygen atoms in total. The Labute approximate surface area is 214 Å². The molecule has 0 radical (unpaired) electrons. The van der Waals surface area contributed by atoms with Crippen LogP contribution in [0.25, 0.3) is 0 Å². The number of aliphatic carboxylic acids is 1. The summed E-state index contributed by atoms with van der Waals surface area (Å²) in [6, 6.07) is -2.27. The third kappa shape index (κ3) is 19.9. The van der Waals surface area contributed by atoms with E-state index in [0.717, 1.165) is 0 Å². The van der Waals surface area contributed by atoms with E-state index in [4.69, 9.17) is 35.5 Å². The molecular formula is C21H39N5O11. The minimum absolute atomic E-state index is 0.00876. The maximum Gasteiger partial charge on any atom is 0.320 e. The number of nitrogens with one attached hydrogen (secondary N) is 3. The SMILES string of the molecule is C[C@@H](O)[C@H](NC(=O)COCCOCCNC(=O)COCCOCCNC(=O)CC[C@H](N)C(=O)O)C(N)=O. The molecule has 16 heteroatoms. The first-order chi connectivity index (χ1) is 17.5. The normalized spacial score (nSPS) is 13.3. The molecule has 9 N–H and O–H groups in total. The van der Waals surface area contributed by atoms with Crippen molar-refractivity contribution < 1.29 is 53.1 Å². The number of nitrogens with two attached hydrogens (primary N) is 2. The summed E-state index contributed by atoms with van der Waals surface area (Å²) in [5.74, 6) is -3.28. The summed E-state index contributed by atoms with van der Waals surface area (Å²) in [7, 11) is 0. The fourth-order valence-electron chi connectivity index (χ4n) is 2.49. The van der Waals surface area contributed by atoms with Crippen LogP contribution in [0.1, 0.15) is 19.8 Å². The molecule has 0 fully saturated rings. The van der Waals surface area contributed by atoms with Gasteiger partial charge in [0.15, 0.2) is 0 Å². The molecule has 0 aromatic rings. The lowest BCUT2D eigenvalue weighted by atomic mass is 10.1. The van der Waals surface area contributed by atoms with Gasteiger partial charge in [-0.05, 0) is 13.3 Å². The van der Waals surface area contributed by atoms with E-state index in [1.54, 1.807) is 0 Å². The standard InChI is InChI=1S/C21H39N5O11/c1-14(27)19(20(23)31)26-18(30)13-37-11-9-35-7-5-25-17(29)12-36-10-8-34-6-4-24-16(28)3-2-15(22)21(32)33/h14-15,19,27H,2-13,22H2,1H3,(H2,23,31)(H,24,28)(H,25,29)(H,26,30)(H,32,33)/t14-,15+,19+/m1/s1. The van der Waals surface area contributed by atoms with Gasteiger partial charge in [-0.15, -0.1) is 0 Å². The predicted octanol–water partition coefficient (Wildman–Crippen LogP) is -4.17. The lowest BCUT2D eigenvalue weighted by Gasteiger charge is -2.17. The summed E-state index contributed by atoms with van der Waals surface area (Å²) in [5.41, 5.74) is 10.4. The van der Waals surface area contributed by atoms with Gasteiger partial charge in [-0.1, -0.05) is 0 Å². The van der Waals surface area contributed by atoms with Gasteiger partial charge in [0.25, 0.3) is 0 Å². The van der Waals surface area contributed by atoms with Crippen LogP contribution >= 0.6 is 0 Å². The van der Waals surface area contributed by atoms with E-state index in [1.807, 2.05) is 0 Å². The van der Waals surface area contributed by atoms with E-state index in [0.29, 0.717) is 0 Å². The van der Waals surface area contributed by atoms with E-state index in [1.165, 1.54) is 6.92 Å². The molecule has 214 valence electrons. The van der Waals surface area contributed by atoms with Crippen LogP contribution in [0.2, 0.25) is 0 Å². The Balaban J connectivity index is 3.52.